The van der Waals surface area contributed by atoms with Crippen molar-refractivity contribution in [2.75, 3.05) is 18.0 Å². The third kappa shape index (κ3) is 4.14. The fraction of sp³-hybridized carbons (Fsp3) is 0.294. The molecule has 110 valence electrons. The first kappa shape index (κ1) is 15.7. The van der Waals surface area contributed by atoms with E-state index >= 15 is 0 Å². The molecule has 0 unspecified atom stereocenters. The molecule has 0 heterocycles. The Hall–Kier alpha value is -1.68. The summed E-state index contributed by atoms with van der Waals surface area (Å²) in [5, 5.41) is 8.59. The quantitative estimate of drug-likeness (QED) is 0.609. The number of benzene rings is 2. The van der Waals surface area contributed by atoms with Crippen molar-refractivity contribution in [3.63, 3.8) is 0 Å². The Labute approximate surface area is 134 Å². The van der Waals surface area contributed by atoms with Gasteiger partial charge in [0.25, 0.3) is 0 Å². The number of anilines is 1. The molecule has 0 aliphatic carbocycles. The lowest BCUT2D eigenvalue weighted by Gasteiger charge is -2.20. The first-order valence-corrected chi connectivity index (χ1v) is 7.96. The van der Waals surface area contributed by atoms with E-state index in [0.717, 1.165) is 28.9 Å². The molecule has 0 atom stereocenters. The lowest BCUT2D eigenvalue weighted by atomic mass is 10.2. The van der Waals surface area contributed by atoms with Crippen LogP contribution in [0.15, 0.2) is 57.2 Å². The molecule has 4 heteroatoms. The van der Waals surface area contributed by atoms with Crippen LogP contribution < -0.4 is 4.90 Å². The van der Waals surface area contributed by atoms with Crippen molar-refractivity contribution in [3.8, 4) is 0 Å². The first-order chi connectivity index (χ1) is 10.1. The molecule has 0 bridgehead atoms. The van der Waals surface area contributed by atoms with Crippen molar-refractivity contribution in [2.24, 2.45) is 10.2 Å². The van der Waals surface area contributed by atoms with E-state index in [-0.39, 0.29) is 0 Å². The summed E-state index contributed by atoms with van der Waals surface area (Å²) in [6.07, 6.45) is 0. The van der Waals surface area contributed by atoms with Crippen molar-refractivity contribution in [1.82, 2.24) is 0 Å². The largest absolute Gasteiger partial charge is 0.372 e. The van der Waals surface area contributed by atoms with Crippen LogP contribution in [0.5, 0.6) is 0 Å². The number of hydrogen-bond donors (Lipinski definition) is 0. The summed E-state index contributed by atoms with van der Waals surface area (Å²) in [7, 11) is 0. The monoisotopic (exact) mass is 345 g/mol. The number of halogens is 1. The fourth-order valence-electron chi connectivity index (χ4n) is 2.12. The number of rotatable bonds is 5. The van der Waals surface area contributed by atoms with Crippen LogP contribution in [0, 0.1) is 6.92 Å². The zero-order valence-electron chi connectivity index (χ0n) is 12.7. The predicted molar refractivity (Wildman–Crippen MR) is 93.1 cm³/mol. The maximum absolute atomic E-state index is 4.30. The number of azo groups is 1. The molecular weight excluding hydrogens is 326 g/mol. The molecule has 2 rings (SSSR count). The van der Waals surface area contributed by atoms with Crippen molar-refractivity contribution in [2.45, 2.75) is 20.8 Å². The summed E-state index contributed by atoms with van der Waals surface area (Å²) in [5.41, 5.74) is 4.12. The van der Waals surface area contributed by atoms with E-state index in [4.69, 9.17) is 0 Å². The molecule has 0 aromatic heterocycles. The van der Waals surface area contributed by atoms with Crippen molar-refractivity contribution < 1.29 is 0 Å². The molecule has 2 aromatic rings. The smallest absolute Gasteiger partial charge is 0.0999 e. The van der Waals surface area contributed by atoms with Gasteiger partial charge < -0.3 is 4.90 Å². The topological polar surface area (TPSA) is 28.0 Å². The molecule has 0 fully saturated rings. The van der Waals surface area contributed by atoms with E-state index in [9.17, 15) is 0 Å². The van der Waals surface area contributed by atoms with Gasteiger partial charge in [0.15, 0.2) is 0 Å². The van der Waals surface area contributed by atoms with Crippen LogP contribution in [0.1, 0.15) is 19.4 Å². The Kier molecular flexibility index (Phi) is 5.51. The Bertz CT molecular complexity index is 616. The Morgan fingerprint density at radius 3 is 2.19 bits per heavy atom. The number of hydrogen-bond acceptors (Lipinski definition) is 3. The molecule has 21 heavy (non-hydrogen) atoms. The minimum atomic E-state index is 0.841. The zero-order valence-corrected chi connectivity index (χ0v) is 14.3. The first-order valence-electron chi connectivity index (χ1n) is 7.17. The number of aryl methyl sites for hydroxylation is 1. The molecule has 0 saturated carbocycles. The zero-order chi connectivity index (χ0) is 15.2. The van der Waals surface area contributed by atoms with Gasteiger partial charge in [-0.15, -0.1) is 5.11 Å². The van der Waals surface area contributed by atoms with E-state index in [1.54, 1.807) is 0 Å². The average Bonchev–Trinajstić information content (AvgIpc) is 2.49. The Morgan fingerprint density at radius 1 is 0.952 bits per heavy atom. The van der Waals surface area contributed by atoms with Crippen LogP contribution in [0.25, 0.3) is 0 Å². The molecule has 0 aliphatic heterocycles. The van der Waals surface area contributed by atoms with E-state index in [2.05, 4.69) is 64.0 Å². The van der Waals surface area contributed by atoms with Gasteiger partial charge in [0, 0.05) is 23.2 Å². The highest BCUT2D eigenvalue weighted by atomic mass is 79.9. The Balaban J connectivity index is 2.14. The summed E-state index contributed by atoms with van der Waals surface area (Å²) >= 11 is 3.51. The average molecular weight is 346 g/mol. The minimum absolute atomic E-state index is 0.841. The summed E-state index contributed by atoms with van der Waals surface area (Å²) in [6.45, 7) is 8.39. The van der Waals surface area contributed by atoms with Gasteiger partial charge >= 0.3 is 0 Å². The van der Waals surface area contributed by atoms with Crippen LogP contribution in [-0.4, -0.2) is 13.1 Å². The second-order valence-corrected chi connectivity index (χ2v) is 5.70. The van der Waals surface area contributed by atoms with Gasteiger partial charge in [-0.05, 0) is 78.7 Å². The van der Waals surface area contributed by atoms with E-state index in [1.807, 2.05) is 30.3 Å². The standard InChI is InChI=1S/C17H20BrN3/c1-4-21(5-2)15-9-7-14(8-10-15)19-20-17-11-6-13(3)12-16(17)18/h6-12H,4-5H2,1-3H3. The summed E-state index contributed by atoms with van der Waals surface area (Å²) < 4.78 is 0.964. The van der Waals surface area contributed by atoms with E-state index < -0.39 is 0 Å². The van der Waals surface area contributed by atoms with E-state index in [0.29, 0.717) is 0 Å². The van der Waals surface area contributed by atoms with Gasteiger partial charge in [0.1, 0.15) is 0 Å². The third-order valence-electron chi connectivity index (χ3n) is 3.35. The van der Waals surface area contributed by atoms with Gasteiger partial charge in [0.2, 0.25) is 0 Å². The van der Waals surface area contributed by atoms with Crippen molar-refractivity contribution >= 4 is 33.0 Å². The molecule has 2 aromatic carbocycles. The van der Waals surface area contributed by atoms with Crippen LogP contribution in [0.4, 0.5) is 17.1 Å². The normalized spacial score (nSPS) is 11.0. The van der Waals surface area contributed by atoms with Crippen LogP contribution in [0.2, 0.25) is 0 Å². The molecule has 0 amide bonds. The lowest BCUT2D eigenvalue weighted by molar-refractivity contribution is 0.866. The van der Waals surface area contributed by atoms with E-state index in [1.165, 1.54) is 11.3 Å². The highest BCUT2D eigenvalue weighted by Crippen LogP contribution is 2.28. The fourth-order valence-corrected chi connectivity index (χ4v) is 2.70. The van der Waals surface area contributed by atoms with Gasteiger partial charge in [-0.2, -0.15) is 5.11 Å². The maximum atomic E-state index is 4.30. The molecule has 0 radical (unpaired) electrons. The minimum Gasteiger partial charge on any atom is -0.372 e. The SMILES string of the molecule is CCN(CC)c1ccc(N=Nc2ccc(C)cc2Br)cc1. The van der Waals surface area contributed by atoms with Gasteiger partial charge in [-0.1, -0.05) is 6.07 Å². The molecule has 0 N–H and O–H groups in total. The molecular formula is C17H20BrN3. The maximum Gasteiger partial charge on any atom is 0.0999 e. The molecule has 0 spiro atoms. The molecule has 0 saturated heterocycles. The summed E-state index contributed by atoms with van der Waals surface area (Å²) in [4.78, 5) is 2.30. The Morgan fingerprint density at radius 2 is 1.62 bits per heavy atom. The van der Waals surface area contributed by atoms with Crippen molar-refractivity contribution in [3.05, 3.63) is 52.5 Å². The van der Waals surface area contributed by atoms with Gasteiger partial charge in [0.05, 0.1) is 11.4 Å². The van der Waals surface area contributed by atoms with Gasteiger partial charge in [-0.25, -0.2) is 0 Å². The van der Waals surface area contributed by atoms with Crippen molar-refractivity contribution in [1.29, 1.82) is 0 Å². The second-order valence-electron chi connectivity index (χ2n) is 4.84. The third-order valence-corrected chi connectivity index (χ3v) is 3.99. The van der Waals surface area contributed by atoms with Crippen LogP contribution in [-0.2, 0) is 0 Å². The highest BCUT2D eigenvalue weighted by Gasteiger charge is 2.01. The summed E-state index contributed by atoms with van der Waals surface area (Å²) in [6, 6.07) is 14.2. The second kappa shape index (κ2) is 7.36. The highest BCUT2D eigenvalue weighted by molar-refractivity contribution is 9.10. The van der Waals surface area contributed by atoms with Crippen LogP contribution in [0.3, 0.4) is 0 Å². The summed E-state index contributed by atoms with van der Waals surface area (Å²) in [5.74, 6) is 0. The number of nitrogens with zero attached hydrogens (tertiary/aromatic N) is 3. The molecule has 0 aliphatic rings. The molecule has 3 nitrogen and oxygen atoms in total. The van der Waals surface area contributed by atoms with Crippen LogP contribution >= 0.6 is 15.9 Å². The lowest BCUT2D eigenvalue weighted by Crippen LogP contribution is -2.21. The predicted octanol–water partition coefficient (Wildman–Crippen LogP) is 6.02. The van der Waals surface area contributed by atoms with Gasteiger partial charge in [-0.3, -0.25) is 0 Å².